The van der Waals surface area contributed by atoms with Gasteiger partial charge >= 0.3 is 0 Å². The molecule has 1 heteroatoms. The van der Waals surface area contributed by atoms with Gasteiger partial charge in [-0.2, -0.15) is 0 Å². The van der Waals surface area contributed by atoms with Crippen molar-refractivity contribution in [1.29, 1.82) is 0 Å². The summed E-state index contributed by atoms with van der Waals surface area (Å²) in [7, 11) is 0. The van der Waals surface area contributed by atoms with Crippen molar-refractivity contribution in [2.24, 2.45) is 17.3 Å². The van der Waals surface area contributed by atoms with E-state index in [0.717, 1.165) is 24.4 Å². The maximum Gasteiger partial charge on any atom is 0.00699 e. The number of hydrogen-bond donors (Lipinski definition) is 1. The van der Waals surface area contributed by atoms with E-state index in [4.69, 9.17) is 0 Å². The Bertz CT molecular complexity index is 190. The van der Waals surface area contributed by atoms with Gasteiger partial charge < -0.3 is 5.32 Å². The summed E-state index contributed by atoms with van der Waals surface area (Å²) in [5, 5.41) is 3.76. The second-order valence-corrected chi connectivity index (χ2v) is 7.30. The van der Waals surface area contributed by atoms with Crippen molar-refractivity contribution in [3.8, 4) is 0 Å². The molecule has 1 N–H and O–H groups in total. The highest BCUT2D eigenvalue weighted by atomic mass is 14.9. The van der Waals surface area contributed by atoms with E-state index in [1.165, 1.54) is 32.1 Å². The van der Waals surface area contributed by atoms with Crippen LogP contribution in [0.15, 0.2) is 0 Å². The van der Waals surface area contributed by atoms with Gasteiger partial charge in [0, 0.05) is 12.6 Å². The molecule has 16 heavy (non-hydrogen) atoms. The molecule has 1 rings (SSSR count). The van der Waals surface area contributed by atoms with Crippen molar-refractivity contribution in [1.82, 2.24) is 5.32 Å². The lowest BCUT2D eigenvalue weighted by molar-refractivity contribution is 0.235. The van der Waals surface area contributed by atoms with Crippen molar-refractivity contribution in [2.75, 3.05) is 6.54 Å². The molecular formula is C15H31N. The van der Waals surface area contributed by atoms with Gasteiger partial charge in [-0.3, -0.25) is 0 Å². The van der Waals surface area contributed by atoms with Crippen molar-refractivity contribution in [3.05, 3.63) is 0 Å². The molecule has 1 nitrogen and oxygen atoms in total. The van der Waals surface area contributed by atoms with Crippen LogP contribution < -0.4 is 5.32 Å². The van der Waals surface area contributed by atoms with Gasteiger partial charge in [0.2, 0.25) is 0 Å². The molecule has 96 valence electrons. The first-order valence-corrected chi connectivity index (χ1v) is 7.10. The maximum atomic E-state index is 3.76. The highest BCUT2D eigenvalue weighted by Crippen LogP contribution is 2.29. The average molecular weight is 225 g/mol. The molecule has 0 aromatic rings. The number of nitrogens with one attached hydrogen (secondary N) is 1. The zero-order chi connectivity index (χ0) is 12.2. The van der Waals surface area contributed by atoms with Crippen LogP contribution in [-0.2, 0) is 0 Å². The summed E-state index contributed by atoms with van der Waals surface area (Å²) >= 11 is 0. The third-order valence-corrected chi connectivity index (χ3v) is 3.51. The first-order chi connectivity index (χ1) is 7.37. The van der Waals surface area contributed by atoms with Gasteiger partial charge in [0.05, 0.1) is 0 Å². The third kappa shape index (κ3) is 5.89. The Morgan fingerprint density at radius 2 is 1.88 bits per heavy atom. The lowest BCUT2D eigenvalue weighted by Gasteiger charge is -2.32. The predicted molar refractivity (Wildman–Crippen MR) is 72.7 cm³/mol. The Morgan fingerprint density at radius 3 is 2.44 bits per heavy atom. The zero-order valence-electron chi connectivity index (χ0n) is 12.0. The van der Waals surface area contributed by atoms with Crippen LogP contribution in [0.25, 0.3) is 0 Å². The predicted octanol–water partition coefficient (Wildman–Crippen LogP) is 4.23. The Balaban J connectivity index is 2.27. The molecule has 0 saturated heterocycles. The van der Waals surface area contributed by atoms with Crippen molar-refractivity contribution < 1.29 is 0 Å². The third-order valence-electron chi connectivity index (χ3n) is 3.51. The van der Waals surface area contributed by atoms with E-state index in [1.807, 2.05) is 0 Å². The molecule has 0 aromatic heterocycles. The van der Waals surface area contributed by atoms with Crippen LogP contribution >= 0.6 is 0 Å². The SMILES string of the molecule is CC(C)CC1CCCC(NCC(C)(C)C)C1. The summed E-state index contributed by atoms with van der Waals surface area (Å²) in [5.74, 6) is 1.84. The smallest absolute Gasteiger partial charge is 0.00699 e. The minimum Gasteiger partial charge on any atom is -0.313 e. The molecule has 0 aromatic carbocycles. The van der Waals surface area contributed by atoms with Crippen LogP contribution in [0.4, 0.5) is 0 Å². The number of rotatable bonds is 4. The molecule has 1 fully saturated rings. The molecule has 2 unspecified atom stereocenters. The van der Waals surface area contributed by atoms with E-state index in [1.54, 1.807) is 0 Å². The largest absolute Gasteiger partial charge is 0.313 e. The zero-order valence-corrected chi connectivity index (χ0v) is 12.0. The van der Waals surface area contributed by atoms with Gasteiger partial charge in [0.1, 0.15) is 0 Å². The van der Waals surface area contributed by atoms with Crippen LogP contribution in [0.1, 0.15) is 66.7 Å². The first kappa shape index (κ1) is 14.0. The summed E-state index contributed by atoms with van der Waals surface area (Å²) in [4.78, 5) is 0. The normalized spacial score (nSPS) is 27.4. The standard InChI is InChI=1S/C15H31N/c1-12(2)9-13-7-6-8-14(10-13)16-11-15(3,4)5/h12-14,16H,6-11H2,1-5H3. The highest BCUT2D eigenvalue weighted by Gasteiger charge is 2.23. The lowest BCUT2D eigenvalue weighted by atomic mass is 9.81. The first-order valence-electron chi connectivity index (χ1n) is 7.10. The van der Waals surface area contributed by atoms with Gasteiger partial charge in [0.25, 0.3) is 0 Å². The molecule has 0 aliphatic heterocycles. The lowest BCUT2D eigenvalue weighted by Crippen LogP contribution is -2.39. The monoisotopic (exact) mass is 225 g/mol. The van der Waals surface area contributed by atoms with Gasteiger partial charge in [0.15, 0.2) is 0 Å². The summed E-state index contributed by atoms with van der Waals surface area (Å²) in [6, 6.07) is 0.789. The Labute approximate surface area is 102 Å². The van der Waals surface area contributed by atoms with Crippen LogP contribution in [0.3, 0.4) is 0 Å². The minimum absolute atomic E-state index is 0.422. The molecule has 0 spiro atoms. The molecule has 1 aliphatic carbocycles. The topological polar surface area (TPSA) is 12.0 Å². The van der Waals surface area contributed by atoms with Crippen LogP contribution in [0.2, 0.25) is 0 Å². The maximum absolute atomic E-state index is 3.76. The van der Waals surface area contributed by atoms with Gasteiger partial charge in [-0.15, -0.1) is 0 Å². The van der Waals surface area contributed by atoms with E-state index in [9.17, 15) is 0 Å². The molecule has 0 amide bonds. The minimum atomic E-state index is 0.422. The van der Waals surface area contributed by atoms with E-state index < -0.39 is 0 Å². The van der Waals surface area contributed by atoms with E-state index >= 15 is 0 Å². The summed E-state index contributed by atoms with van der Waals surface area (Å²) in [6.07, 6.45) is 7.12. The fourth-order valence-corrected chi connectivity index (χ4v) is 2.81. The van der Waals surface area contributed by atoms with Crippen LogP contribution in [0, 0.1) is 17.3 Å². The second kappa shape index (κ2) is 6.05. The summed E-state index contributed by atoms with van der Waals surface area (Å²) in [6.45, 7) is 12.8. The van der Waals surface area contributed by atoms with Gasteiger partial charge in [-0.25, -0.2) is 0 Å². The van der Waals surface area contributed by atoms with Crippen molar-refractivity contribution in [2.45, 2.75) is 72.8 Å². The molecule has 1 saturated carbocycles. The number of hydrogen-bond acceptors (Lipinski definition) is 1. The molecule has 0 radical (unpaired) electrons. The second-order valence-electron chi connectivity index (χ2n) is 7.30. The molecular weight excluding hydrogens is 194 g/mol. The Kier molecular flexibility index (Phi) is 5.30. The van der Waals surface area contributed by atoms with Gasteiger partial charge in [-0.1, -0.05) is 47.5 Å². The Morgan fingerprint density at radius 1 is 1.19 bits per heavy atom. The molecule has 0 heterocycles. The van der Waals surface area contributed by atoms with Crippen LogP contribution in [-0.4, -0.2) is 12.6 Å². The fourth-order valence-electron chi connectivity index (χ4n) is 2.81. The van der Waals surface area contributed by atoms with Gasteiger partial charge in [-0.05, 0) is 36.5 Å². The van der Waals surface area contributed by atoms with E-state index in [2.05, 4.69) is 39.9 Å². The highest BCUT2D eigenvalue weighted by molar-refractivity contribution is 4.80. The average Bonchev–Trinajstić information content (AvgIpc) is 2.13. The summed E-state index contributed by atoms with van der Waals surface area (Å²) < 4.78 is 0. The van der Waals surface area contributed by atoms with Crippen molar-refractivity contribution in [3.63, 3.8) is 0 Å². The van der Waals surface area contributed by atoms with E-state index in [0.29, 0.717) is 5.41 Å². The molecule has 2 atom stereocenters. The molecule has 1 aliphatic rings. The van der Waals surface area contributed by atoms with Crippen molar-refractivity contribution >= 4 is 0 Å². The molecule has 0 bridgehead atoms. The quantitative estimate of drug-likeness (QED) is 0.755. The van der Waals surface area contributed by atoms with Crippen LogP contribution in [0.5, 0.6) is 0 Å². The fraction of sp³-hybridized carbons (Fsp3) is 1.00. The Hall–Kier alpha value is -0.0400. The summed E-state index contributed by atoms with van der Waals surface area (Å²) in [5.41, 5.74) is 0.422. The van der Waals surface area contributed by atoms with E-state index in [-0.39, 0.29) is 0 Å².